The number of halogens is 1. The van der Waals surface area contributed by atoms with Crippen molar-refractivity contribution in [2.45, 2.75) is 0 Å². The highest BCUT2D eigenvalue weighted by Gasteiger charge is 2.27. The van der Waals surface area contributed by atoms with E-state index in [0.29, 0.717) is 0 Å². The molecule has 5 heteroatoms. The summed E-state index contributed by atoms with van der Waals surface area (Å²) in [6.07, 6.45) is 0. The summed E-state index contributed by atoms with van der Waals surface area (Å²) < 4.78 is 6.78. The van der Waals surface area contributed by atoms with Crippen molar-refractivity contribution in [1.29, 1.82) is 0 Å². The minimum atomic E-state index is -0.960. The molecule has 0 atom stereocenters. The first-order chi connectivity index (χ1) is 11.6. The van der Waals surface area contributed by atoms with E-state index in [2.05, 4.69) is 15.9 Å². The predicted octanol–water partition coefficient (Wildman–Crippen LogP) is 5.72. The highest BCUT2D eigenvalue weighted by Crippen LogP contribution is 2.51. The van der Waals surface area contributed by atoms with Crippen LogP contribution in [-0.4, -0.2) is 11.1 Å². The molecule has 0 radical (unpaired) electrons. The Labute approximate surface area is 147 Å². The molecule has 0 fully saturated rings. The van der Waals surface area contributed by atoms with Gasteiger partial charge in [-0.05, 0) is 58.4 Å². The molecule has 4 nitrogen and oxygen atoms in total. The summed E-state index contributed by atoms with van der Waals surface area (Å²) in [4.78, 5) is 13.4. The molecule has 0 aromatic heterocycles. The van der Waals surface area contributed by atoms with Gasteiger partial charge >= 0.3 is 5.97 Å². The molecule has 0 spiro atoms. The van der Waals surface area contributed by atoms with Crippen LogP contribution >= 0.6 is 15.9 Å². The van der Waals surface area contributed by atoms with E-state index in [4.69, 9.17) is 4.74 Å². The van der Waals surface area contributed by atoms with E-state index in [1.807, 2.05) is 53.4 Å². The van der Waals surface area contributed by atoms with Gasteiger partial charge in [-0.25, -0.2) is 4.79 Å². The van der Waals surface area contributed by atoms with Crippen molar-refractivity contribution in [2.24, 2.45) is 0 Å². The van der Waals surface area contributed by atoms with Crippen LogP contribution in [0, 0.1) is 0 Å². The second kappa shape index (κ2) is 5.69. The molecule has 1 heterocycles. The van der Waals surface area contributed by atoms with Gasteiger partial charge in [0.25, 0.3) is 0 Å². The average Bonchev–Trinajstić information content (AvgIpc) is 2.60. The Balaban J connectivity index is 1.99. The van der Waals surface area contributed by atoms with Crippen LogP contribution in [0.3, 0.4) is 0 Å². The lowest BCUT2D eigenvalue weighted by atomic mass is 10.1. The van der Waals surface area contributed by atoms with Gasteiger partial charge in [-0.15, -0.1) is 0 Å². The van der Waals surface area contributed by atoms with Gasteiger partial charge in [0.2, 0.25) is 0 Å². The van der Waals surface area contributed by atoms with E-state index in [-0.39, 0.29) is 5.56 Å². The van der Waals surface area contributed by atoms with Crippen LogP contribution in [0.25, 0.3) is 0 Å². The first kappa shape index (κ1) is 14.8. The van der Waals surface area contributed by atoms with E-state index in [9.17, 15) is 9.90 Å². The second-order valence-electron chi connectivity index (χ2n) is 5.34. The molecule has 3 aromatic carbocycles. The lowest BCUT2D eigenvalue weighted by Gasteiger charge is -2.33. The molecular formula is C19H12BrNO3. The maximum absolute atomic E-state index is 11.4. The highest BCUT2D eigenvalue weighted by atomic mass is 79.9. The smallest absolute Gasteiger partial charge is 0.335 e. The van der Waals surface area contributed by atoms with Crippen LogP contribution < -0.4 is 9.64 Å². The van der Waals surface area contributed by atoms with Gasteiger partial charge in [0.1, 0.15) is 0 Å². The van der Waals surface area contributed by atoms with E-state index in [1.165, 1.54) is 0 Å². The lowest BCUT2D eigenvalue weighted by molar-refractivity contribution is 0.0697. The molecule has 1 aliphatic rings. The van der Waals surface area contributed by atoms with Crippen molar-refractivity contribution in [2.75, 3.05) is 4.90 Å². The second-order valence-corrected chi connectivity index (χ2v) is 6.20. The minimum absolute atomic E-state index is 0.231. The van der Waals surface area contributed by atoms with Crippen LogP contribution in [0.5, 0.6) is 11.5 Å². The number of carboxylic acid groups (broad SMARTS) is 1. The Hall–Kier alpha value is -2.79. The molecule has 118 valence electrons. The largest absolute Gasteiger partial charge is 0.478 e. The van der Waals surface area contributed by atoms with Crippen LogP contribution in [0.2, 0.25) is 0 Å². The number of fused-ring (bicyclic) bond motifs is 2. The molecular weight excluding hydrogens is 370 g/mol. The maximum atomic E-state index is 11.4. The van der Waals surface area contributed by atoms with Crippen LogP contribution in [0.4, 0.5) is 17.1 Å². The quantitative estimate of drug-likeness (QED) is 0.482. The van der Waals surface area contributed by atoms with Crippen molar-refractivity contribution in [3.05, 3.63) is 76.8 Å². The molecule has 0 bridgehead atoms. The zero-order valence-corrected chi connectivity index (χ0v) is 14.0. The van der Waals surface area contributed by atoms with Crippen molar-refractivity contribution < 1.29 is 14.6 Å². The van der Waals surface area contributed by atoms with E-state index < -0.39 is 5.97 Å². The number of carboxylic acids is 1. The maximum Gasteiger partial charge on any atom is 0.335 e. The molecule has 24 heavy (non-hydrogen) atoms. The SMILES string of the molecule is O=C(O)c1ccc(Br)c(N2c3ccccc3Oc3ccccc32)c1. The number of hydrogen-bond acceptors (Lipinski definition) is 3. The third-order valence-corrected chi connectivity index (χ3v) is 4.54. The summed E-state index contributed by atoms with van der Waals surface area (Å²) in [6, 6.07) is 20.4. The first-order valence-corrected chi connectivity index (χ1v) is 8.13. The topological polar surface area (TPSA) is 49.8 Å². The Bertz CT molecular complexity index is 909. The fourth-order valence-electron chi connectivity index (χ4n) is 2.78. The van der Waals surface area contributed by atoms with Crippen LogP contribution in [0.15, 0.2) is 71.2 Å². The van der Waals surface area contributed by atoms with E-state index >= 15 is 0 Å². The first-order valence-electron chi connectivity index (χ1n) is 7.34. The highest BCUT2D eigenvalue weighted by molar-refractivity contribution is 9.10. The predicted molar refractivity (Wildman–Crippen MR) is 95.9 cm³/mol. The van der Waals surface area contributed by atoms with E-state index in [0.717, 1.165) is 33.0 Å². The zero-order valence-electron chi connectivity index (χ0n) is 12.4. The van der Waals surface area contributed by atoms with Crippen LogP contribution in [-0.2, 0) is 0 Å². The molecule has 0 saturated carbocycles. The number of anilines is 3. The number of para-hydroxylation sites is 4. The summed E-state index contributed by atoms with van der Waals surface area (Å²) in [5.41, 5.74) is 2.70. The summed E-state index contributed by atoms with van der Waals surface area (Å²) in [5.74, 6) is 0.492. The fourth-order valence-corrected chi connectivity index (χ4v) is 3.21. The Kier molecular flexibility index (Phi) is 3.50. The Morgan fingerprint density at radius 3 is 2.04 bits per heavy atom. The van der Waals surface area contributed by atoms with Gasteiger partial charge in [-0.3, -0.25) is 0 Å². The number of hydrogen-bond donors (Lipinski definition) is 1. The van der Waals surface area contributed by atoms with Gasteiger partial charge < -0.3 is 14.7 Å². The number of ether oxygens (including phenoxy) is 1. The standard InChI is InChI=1S/C19H12BrNO3/c20-13-10-9-12(19(22)23)11-16(13)21-14-5-1-3-7-17(14)24-18-8-4-2-6-15(18)21/h1-11H,(H,22,23). The summed E-state index contributed by atoms with van der Waals surface area (Å²) in [5, 5.41) is 9.33. The number of nitrogens with zero attached hydrogens (tertiary/aromatic N) is 1. The molecule has 3 aromatic rings. The Morgan fingerprint density at radius 2 is 1.46 bits per heavy atom. The Morgan fingerprint density at radius 1 is 0.875 bits per heavy atom. The summed E-state index contributed by atoms with van der Waals surface area (Å²) >= 11 is 3.54. The van der Waals surface area contributed by atoms with Crippen molar-refractivity contribution >= 4 is 39.0 Å². The molecule has 1 N–H and O–H groups in total. The zero-order chi connectivity index (χ0) is 16.7. The van der Waals surface area contributed by atoms with Crippen molar-refractivity contribution in [3.63, 3.8) is 0 Å². The summed E-state index contributed by atoms with van der Waals surface area (Å²) in [6.45, 7) is 0. The van der Waals surface area contributed by atoms with Crippen molar-refractivity contribution in [3.8, 4) is 11.5 Å². The lowest BCUT2D eigenvalue weighted by Crippen LogP contribution is -2.16. The van der Waals surface area contributed by atoms with Gasteiger partial charge in [-0.1, -0.05) is 24.3 Å². The number of benzene rings is 3. The van der Waals surface area contributed by atoms with Gasteiger partial charge in [0.15, 0.2) is 11.5 Å². The normalized spacial score (nSPS) is 12.1. The molecule has 0 aliphatic carbocycles. The van der Waals surface area contributed by atoms with Gasteiger partial charge in [0, 0.05) is 4.47 Å². The van der Waals surface area contributed by atoms with Crippen molar-refractivity contribution in [1.82, 2.24) is 0 Å². The molecule has 0 amide bonds. The average molecular weight is 382 g/mol. The summed E-state index contributed by atoms with van der Waals surface area (Å²) in [7, 11) is 0. The van der Waals surface area contributed by atoms with Gasteiger partial charge in [-0.2, -0.15) is 0 Å². The molecule has 1 aliphatic heterocycles. The van der Waals surface area contributed by atoms with Gasteiger partial charge in [0.05, 0.1) is 22.6 Å². The number of carbonyl (C=O) groups is 1. The third-order valence-electron chi connectivity index (χ3n) is 3.87. The molecule has 4 rings (SSSR count). The number of aromatic carboxylic acids is 1. The fraction of sp³-hybridized carbons (Fsp3) is 0. The monoisotopic (exact) mass is 381 g/mol. The molecule has 0 unspecified atom stereocenters. The van der Waals surface area contributed by atoms with E-state index in [1.54, 1.807) is 18.2 Å². The third kappa shape index (κ3) is 2.34. The van der Waals surface area contributed by atoms with Crippen LogP contribution in [0.1, 0.15) is 10.4 Å². The molecule has 0 saturated heterocycles. The minimum Gasteiger partial charge on any atom is -0.478 e. The number of rotatable bonds is 2.